The van der Waals surface area contributed by atoms with Crippen LogP contribution in [0.4, 0.5) is 4.79 Å². The van der Waals surface area contributed by atoms with Gasteiger partial charge in [0.25, 0.3) is 0 Å². The van der Waals surface area contributed by atoms with Gasteiger partial charge in [-0.3, -0.25) is 4.90 Å². The number of hydrogen-bond donors (Lipinski definition) is 1. The third-order valence-electron chi connectivity index (χ3n) is 8.72. The van der Waals surface area contributed by atoms with Crippen LogP contribution in [0.2, 0.25) is 0 Å². The Morgan fingerprint density at radius 2 is 1.86 bits per heavy atom. The van der Waals surface area contributed by atoms with Crippen LogP contribution in [0.3, 0.4) is 0 Å². The summed E-state index contributed by atoms with van der Waals surface area (Å²) in [6, 6.07) is 5.77. The fraction of sp³-hybridized carbons (Fsp3) is 0.679. The summed E-state index contributed by atoms with van der Waals surface area (Å²) in [7, 11) is 1.64. The van der Waals surface area contributed by atoms with Gasteiger partial charge < -0.3 is 24.1 Å². The van der Waals surface area contributed by atoms with Crippen LogP contribution in [0.15, 0.2) is 18.2 Å². The predicted octanol–water partition coefficient (Wildman–Crippen LogP) is 4.02. The average Bonchev–Trinajstić information content (AvgIpc) is 3.15. The van der Waals surface area contributed by atoms with Gasteiger partial charge in [-0.2, -0.15) is 0 Å². The Labute approximate surface area is 213 Å². The number of benzene rings is 1. The van der Waals surface area contributed by atoms with Crippen molar-refractivity contribution in [1.29, 1.82) is 0 Å². The van der Waals surface area contributed by atoms with Crippen LogP contribution in [-0.4, -0.2) is 86.5 Å². The largest absolute Gasteiger partial charge is 0.508 e. The zero-order chi connectivity index (χ0) is 25.2. The molecule has 2 saturated heterocycles. The third kappa shape index (κ3) is 4.64. The first-order chi connectivity index (χ1) is 17.5. The summed E-state index contributed by atoms with van der Waals surface area (Å²) in [4.78, 5) is 16.2. The lowest BCUT2D eigenvalue weighted by molar-refractivity contribution is -0.0545. The minimum atomic E-state index is -0.358. The topological polar surface area (TPSA) is 82.4 Å². The number of methoxy groups -OCH3 is 1. The number of phenols is 1. The van der Waals surface area contributed by atoms with E-state index in [1.54, 1.807) is 13.2 Å². The highest BCUT2D eigenvalue weighted by Crippen LogP contribution is 2.54. The molecule has 4 bridgehead atoms. The molecule has 36 heavy (non-hydrogen) atoms. The molecule has 1 aromatic heterocycles. The first-order valence-electron chi connectivity index (χ1n) is 13.5. The first-order valence-corrected chi connectivity index (χ1v) is 13.5. The first kappa shape index (κ1) is 25.5. The summed E-state index contributed by atoms with van der Waals surface area (Å²) in [5.74, 6) is 2.50. The van der Waals surface area contributed by atoms with E-state index in [0.29, 0.717) is 62.7 Å². The van der Waals surface area contributed by atoms with E-state index in [1.807, 2.05) is 16.7 Å². The number of rotatable bonds is 10. The second-order valence-corrected chi connectivity index (χ2v) is 10.5. The number of aromatic hydroxyl groups is 1. The van der Waals surface area contributed by atoms with Crippen LogP contribution in [0.5, 0.6) is 5.75 Å². The Morgan fingerprint density at radius 1 is 1.11 bits per heavy atom. The fourth-order valence-electron chi connectivity index (χ4n) is 7.14. The third-order valence-corrected chi connectivity index (χ3v) is 8.72. The highest BCUT2D eigenvalue weighted by atomic mass is 16.6. The second-order valence-electron chi connectivity index (χ2n) is 10.5. The molecule has 4 aliphatic rings. The molecule has 2 aromatic rings. The van der Waals surface area contributed by atoms with Crippen molar-refractivity contribution in [2.24, 2.45) is 17.8 Å². The molecule has 0 amide bonds. The van der Waals surface area contributed by atoms with Crippen molar-refractivity contribution in [3.05, 3.63) is 29.5 Å². The van der Waals surface area contributed by atoms with Gasteiger partial charge in [0.05, 0.1) is 38.6 Å². The molecule has 6 rings (SSSR count). The monoisotopic (exact) mass is 500 g/mol. The van der Waals surface area contributed by atoms with E-state index < -0.39 is 0 Å². The van der Waals surface area contributed by atoms with E-state index >= 15 is 0 Å². The molecule has 6 atom stereocenters. The van der Waals surface area contributed by atoms with E-state index in [1.165, 1.54) is 5.56 Å². The Hall–Kier alpha value is -2.13. The Kier molecular flexibility index (Phi) is 7.86. The van der Waals surface area contributed by atoms with Gasteiger partial charge in [0, 0.05) is 43.2 Å². The summed E-state index contributed by atoms with van der Waals surface area (Å²) >= 11 is 0. The molecule has 1 aliphatic carbocycles. The standard InChI is InChI=1S/C28H40N2O6/c1-4-21-18(2)19-15-24-26(21)29(17-19)8-7-22-23-16-20(31)5-6-25(23)30(27(22)24)28(32)36-14-13-35-12-11-34-10-9-33-3/h5-6,16,18-19,21,24,26,31H,4,7-15,17H2,1-3H3. The summed E-state index contributed by atoms with van der Waals surface area (Å²) < 4.78 is 23.5. The van der Waals surface area contributed by atoms with Gasteiger partial charge in [0.1, 0.15) is 12.4 Å². The molecule has 3 aliphatic heterocycles. The number of carbonyl (C=O) groups excluding carboxylic acids is 1. The van der Waals surface area contributed by atoms with Crippen molar-refractivity contribution < 1.29 is 28.8 Å². The molecule has 8 nitrogen and oxygen atoms in total. The highest BCUT2D eigenvalue weighted by Gasteiger charge is 2.52. The van der Waals surface area contributed by atoms with Crippen molar-refractivity contribution in [3.8, 4) is 5.75 Å². The maximum atomic E-state index is 13.5. The lowest BCUT2D eigenvalue weighted by Crippen LogP contribution is -2.59. The molecule has 6 unspecified atom stereocenters. The predicted molar refractivity (Wildman–Crippen MR) is 137 cm³/mol. The second kappa shape index (κ2) is 11.1. The van der Waals surface area contributed by atoms with Crippen molar-refractivity contribution in [2.75, 3.05) is 59.8 Å². The molecule has 3 fully saturated rings. The number of phenolic OH excluding ortho intramolecular Hbond substituents is 1. The van der Waals surface area contributed by atoms with Crippen LogP contribution in [0, 0.1) is 17.8 Å². The van der Waals surface area contributed by atoms with E-state index in [9.17, 15) is 9.90 Å². The van der Waals surface area contributed by atoms with Crippen LogP contribution in [0.1, 0.15) is 43.9 Å². The van der Waals surface area contributed by atoms with Crippen LogP contribution in [0.25, 0.3) is 10.9 Å². The maximum Gasteiger partial charge on any atom is 0.418 e. The van der Waals surface area contributed by atoms with Gasteiger partial charge in [-0.05, 0) is 54.4 Å². The Bertz CT molecular complexity index is 1070. The van der Waals surface area contributed by atoms with Gasteiger partial charge in [-0.25, -0.2) is 9.36 Å². The average molecular weight is 501 g/mol. The summed E-state index contributed by atoms with van der Waals surface area (Å²) in [5.41, 5.74) is 3.13. The van der Waals surface area contributed by atoms with Gasteiger partial charge in [-0.15, -0.1) is 0 Å². The smallest absolute Gasteiger partial charge is 0.418 e. The Morgan fingerprint density at radius 3 is 2.61 bits per heavy atom. The zero-order valence-electron chi connectivity index (χ0n) is 21.8. The molecule has 4 heterocycles. The van der Waals surface area contributed by atoms with Crippen LogP contribution in [-0.2, 0) is 25.4 Å². The number of piperidine rings is 2. The van der Waals surface area contributed by atoms with E-state index in [2.05, 4.69) is 18.7 Å². The zero-order valence-corrected chi connectivity index (χ0v) is 21.8. The van der Waals surface area contributed by atoms with Crippen molar-refractivity contribution in [1.82, 2.24) is 9.47 Å². The van der Waals surface area contributed by atoms with Crippen molar-refractivity contribution in [3.63, 3.8) is 0 Å². The van der Waals surface area contributed by atoms with E-state index in [0.717, 1.165) is 48.9 Å². The molecule has 198 valence electrons. The summed E-state index contributed by atoms with van der Waals surface area (Å²) in [6.07, 6.45) is 2.78. The van der Waals surface area contributed by atoms with Gasteiger partial charge in [0.2, 0.25) is 0 Å². The number of carbonyl (C=O) groups is 1. The lowest BCUT2D eigenvalue weighted by Gasteiger charge is -2.56. The molecule has 1 N–H and O–H groups in total. The number of nitrogens with zero attached hydrogens (tertiary/aromatic N) is 2. The maximum absolute atomic E-state index is 13.5. The Balaban J connectivity index is 1.37. The molecule has 0 radical (unpaired) electrons. The SMILES string of the molecule is CCC1C(C)C2CC3c4c(c5cc(O)ccc5n4C(=O)OCCOCCOCCOC)CCN(C2)C31. The van der Waals surface area contributed by atoms with E-state index in [4.69, 9.17) is 18.9 Å². The highest BCUT2D eigenvalue weighted by molar-refractivity contribution is 5.95. The minimum absolute atomic E-state index is 0.181. The molecule has 8 heteroatoms. The summed E-state index contributed by atoms with van der Waals surface area (Å²) in [5, 5.41) is 11.2. The molecule has 0 spiro atoms. The van der Waals surface area contributed by atoms with Gasteiger partial charge in [0.15, 0.2) is 0 Å². The van der Waals surface area contributed by atoms with Gasteiger partial charge in [-0.1, -0.05) is 20.3 Å². The van der Waals surface area contributed by atoms with Crippen LogP contribution < -0.4 is 0 Å². The lowest BCUT2D eigenvalue weighted by atomic mass is 9.60. The van der Waals surface area contributed by atoms with E-state index in [-0.39, 0.29) is 18.4 Å². The fourth-order valence-corrected chi connectivity index (χ4v) is 7.14. The number of hydrogen-bond acceptors (Lipinski definition) is 7. The molecule has 1 aromatic carbocycles. The molecule has 1 saturated carbocycles. The van der Waals surface area contributed by atoms with Crippen molar-refractivity contribution >= 4 is 17.0 Å². The number of aromatic nitrogens is 1. The number of ether oxygens (including phenoxy) is 4. The molecular formula is C28H40N2O6. The number of fused-ring (bicyclic) bond motifs is 4. The normalized spacial score (nSPS) is 28.8. The minimum Gasteiger partial charge on any atom is -0.508 e. The van der Waals surface area contributed by atoms with Crippen molar-refractivity contribution in [2.45, 2.75) is 45.1 Å². The summed E-state index contributed by atoms with van der Waals surface area (Å²) in [6.45, 7) is 9.40. The van der Waals surface area contributed by atoms with Crippen LogP contribution >= 0.6 is 0 Å². The molecular weight excluding hydrogens is 460 g/mol. The quantitative estimate of drug-likeness (QED) is 0.494. The van der Waals surface area contributed by atoms with Gasteiger partial charge >= 0.3 is 6.09 Å².